The van der Waals surface area contributed by atoms with Gasteiger partial charge in [-0.2, -0.15) is 13.2 Å². The van der Waals surface area contributed by atoms with Crippen LogP contribution >= 0.6 is 0 Å². The van der Waals surface area contributed by atoms with Crippen molar-refractivity contribution in [2.75, 3.05) is 0 Å². The first-order chi connectivity index (χ1) is 12.3. The van der Waals surface area contributed by atoms with E-state index in [4.69, 9.17) is 4.74 Å². The molecule has 4 nitrogen and oxygen atoms in total. The standard InChI is InChI=1S/C19H14F3NO3/c20-19(21,22)15-8-9-17(24)23(10-15)11-18(25)26-12-14-6-3-5-13-4-1-2-7-16(13)14/h1-10H,11-12H2. The molecule has 0 aliphatic carbocycles. The minimum Gasteiger partial charge on any atom is -0.459 e. The first-order valence-corrected chi connectivity index (χ1v) is 7.74. The van der Waals surface area contributed by atoms with Gasteiger partial charge in [0.15, 0.2) is 0 Å². The van der Waals surface area contributed by atoms with Gasteiger partial charge in [-0.25, -0.2) is 0 Å². The van der Waals surface area contributed by atoms with Crippen molar-refractivity contribution >= 4 is 16.7 Å². The van der Waals surface area contributed by atoms with Gasteiger partial charge in [-0.15, -0.1) is 0 Å². The monoisotopic (exact) mass is 361 g/mol. The smallest absolute Gasteiger partial charge is 0.417 e. The minimum absolute atomic E-state index is 0.0338. The maximum atomic E-state index is 12.7. The molecular weight excluding hydrogens is 347 g/mol. The van der Waals surface area contributed by atoms with Crippen molar-refractivity contribution in [2.45, 2.75) is 19.3 Å². The van der Waals surface area contributed by atoms with E-state index in [9.17, 15) is 22.8 Å². The van der Waals surface area contributed by atoms with E-state index in [1.54, 1.807) is 6.07 Å². The Morgan fingerprint density at radius 3 is 2.50 bits per heavy atom. The van der Waals surface area contributed by atoms with Crippen LogP contribution in [0.25, 0.3) is 10.8 Å². The third-order valence-electron chi connectivity index (χ3n) is 3.88. The van der Waals surface area contributed by atoms with Crippen LogP contribution in [0, 0.1) is 0 Å². The Balaban J connectivity index is 1.73. The highest BCUT2D eigenvalue weighted by molar-refractivity contribution is 5.85. The van der Waals surface area contributed by atoms with Crippen LogP contribution in [0.15, 0.2) is 65.6 Å². The van der Waals surface area contributed by atoms with Gasteiger partial charge in [-0.1, -0.05) is 42.5 Å². The van der Waals surface area contributed by atoms with Crippen LogP contribution in [-0.4, -0.2) is 10.5 Å². The van der Waals surface area contributed by atoms with Crippen molar-refractivity contribution in [3.63, 3.8) is 0 Å². The lowest BCUT2D eigenvalue weighted by Gasteiger charge is -2.11. The molecule has 0 N–H and O–H groups in total. The predicted molar refractivity (Wildman–Crippen MR) is 89.4 cm³/mol. The lowest BCUT2D eigenvalue weighted by molar-refractivity contribution is -0.146. The molecule has 0 radical (unpaired) electrons. The molecule has 1 heterocycles. The second-order valence-corrected chi connectivity index (χ2v) is 5.68. The highest BCUT2D eigenvalue weighted by Gasteiger charge is 2.31. The summed E-state index contributed by atoms with van der Waals surface area (Å²) in [4.78, 5) is 23.6. The number of alkyl halides is 3. The second-order valence-electron chi connectivity index (χ2n) is 5.68. The third kappa shape index (κ3) is 3.93. The molecule has 0 atom stereocenters. The van der Waals surface area contributed by atoms with Crippen LogP contribution in [0.2, 0.25) is 0 Å². The highest BCUT2D eigenvalue weighted by atomic mass is 19.4. The summed E-state index contributed by atoms with van der Waals surface area (Å²) in [5.41, 5.74) is -0.938. The van der Waals surface area contributed by atoms with Crippen molar-refractivity contribution in [2.24, 2.45) is 0 Å². The van der Waals surface area contributed by atoms with Crippen molar-refractivity contribution in [1.82, 2.24) is 4.57 Å². The number of nitrogens with zero attached hydrogens (tertiary/aromatic N) is 1. The van der Waals surface area contributed by atoms with Gasteiger partial charge in [-0.3, -0.25) is 9.59 Å². The fourth-order valence-corrected chi connectivity index (χ4v) is 2.58. The number of hydrogen-bond acceptors (Lipinski definition) is 3. The maximum Gasteiger partial charge on any atom is 0.417 e. The molecule has 0 amide bonds. The number of rotatable bonds is 4. The molecule has 0 saturated carbocycles. The Morgan fingerprint density at radius 2 is 1.73 bits per heavy atom. The van der Waals surface area contributed by atoms with Gasteiger partial charge in [-0.05, 0) is 22.4 Å². The van der Waals surface area contributed by atoms with E-state index in [-0.39, 0.29) is 6.61 Å². The number of carbonyl (C=O) groups is 1. The summed E-state index contributed by atoms with van der Waals surface area (Å²) in [5.74, 6) is -0.792. The van der Waals surface area contributed by atoms with Gasteiger partial charge in [0.05, 0.1) is 5.56 Å². The second kappa shape index (κ2) is 7.03. The normalized spacial score (nSPS) is 11.5. The van der Waals surface area contributed by atoms with Crippen LogP contribution in [0.4, 0.5) is 13.2 Å². The Morgan fingerprint density at radius 1 is 1.00 bits per heavy atom. The van der Waals surface area contributed by atoms with E-state index in [1.807, 2.05) is 36.4 Å². The van der Waals surface area contributed by atoms with E-state index in [0.29, 0.717) is 16.8 Å². The third-order valence-corrected chi connectivity index (χ3v) is 3.88. The number of aromatic nitrogens is 1. The average molecular weight is 361 g/mol. The molecule has 0 saturated heterocycles. The Hall–Kier alpha value is -3.09. The van der Waals surface area contributed by atoms with Crippen LogP contribution in [0.5, 0.6) is 0 Å². The maximum absolute atomic E-state index is 12.7. The van der Waals surface area contributed by atoms with Crippen LogP contribution in [0.3, 0.4) is 0 Å². The zero-order valence-corrected chi connectivity index (χ0v) is 13.5. The number of pyridine rings is 1. The molecule has 0 aliphatic rings. The molecular formula is C19H14F3NO3. The molecule has 0 unspecified atom stereocenters. The van der Waals surface area contributed by atoms with E-state index < -0.39 is 29.8 Å². The zero-order valence-electron chi connectivity index (χ0n) is 13.5. The van der Waals surface area contributed by atoms with Crippen LogP contribution in [-0.2, 0) is 28.9 Å². The van der Waals surface area contributed by atoms with Crippen molar-refractivity contribution in [3.05, 3.63) is 82.3 Å². The quantitative estimate of drug-likeness (QED) is 0.665. The van der Waals surface area contributed by atoms with E-state index >= 15 is 0 Å². The summed E-state index contributed by atoms with van der Waals surface area (Å²) in [5, 5.41) is 1.90. The first kappa shape index (κ1) is 17.7. The molecule has 0 bridgehead atoms. The predicted octanol–water partition coefficient (Wildman–Crippen LogP) is 3.76. The highest BCUT2D eigenvalue weighted by Crippen LogP contribution is 2.28. The van der Waals surface area contributed by atoms with E-state index in [2.05, 4.69) is 0 Å². The summed E-state index contributed by atoms with van der Waals surface area (Å²) in [7, 11) is 0. The summed E-state index contributed by atoms with van der Waals surface area (Å²) in [6, 6.07) is 14.5. The van der Waals surface area contributed by atoms with E-state index in [1.165, 1.54) is 0 Å². The molecule has 2 aromatic carbocycles. The Labute approximate surface area is 146 Å². The number of hydrogen-bond donors (Lipinski definition) is 0. The summed E-state index contributed by atoms with van der Waals surface area (Å²) in [6.45, 7) is -0.624. The fourth-order valence-electron chi connectivity index (χ4n) is 2.58. The van der Waals surface area contributed by atoms with Crippen molar-refractivity contribution < 1.29 is 22.7 Å². The van der Waals surface area contributed by atoms with Crippen LogP contribution < -0.4 is 5.56 Å². The largest absolute Gasteiger partial charge is 0.459 e. The molecule has 7 heteroatoms. The van der Waals surface area contributed by atoms with Gasteiger partial charge in [0.25, 0.3) is 5.56 Å². The van der Waals surface area contributed by atoms with Crippen LogP contribution in [0.1, 0.15) is 11.1 Å². The van der Waals surface area contributed by atoms with Gasteiger partial charge in [0.2, 0.25) is 0 Å². The van der Waals surface area contributed by atoms with Gasteiger partial charge in [0.1, 0.15) is 13.2 Å². The summed E-state index contributed by atoms with van der Waals surface area (Å²) in [6.07, 6.45) is -3.98. The number of esters is 1. The summed E-state index contributed by atoms with van der Waals surface area (Å²) < 4.78 is 44.0. The van der Waals surface area contributed by atoms with Crippen molar-refractivity contribution in [1.29, 1.82) is 0 Å². The van der Waals surface area contributed by atoms with Crippen molar-refractivity contribution in [3.8, 4) is 0 Å². The molecule has 134 valence electrons. The number of benzene rings is 2. The topological polar surface area (TPSA) is 48.3 Å². The fraction of sp³-hybridized carbons (Fsp3) is 0.158. The molecule has 0 fully saturated rings. The van der Waals surface area contributed by atoms with E-state index in [0.717, 1.165) is 22.4 Å². The summed E-state index contributed by atoms with van der Waals surface area (Å²) >= 11 is 0. The first-order valence-electron chi connectivity index (χ1n) is 7.74. The van der Waals surface area contributed by atoms with Gasteiger partial charge in [0, 0.05) is 12.3 Å². The zero-order chi connectivity index (χ0) is 18.7. The molecule has 1 aromatic heterocycles. The van der Waals surface area contributed by atoms with Gasteiger partial charge >= 0.3 is 12.1 Å². The molecule has 3 aromatic rings. The number of ether oxygens (including phenoxy) is 1. The average Bonchev–Trinajstić information content (AvgIpc) is 2.61. The lowest BCUT2D eigenvalue weighted by Crippen LogP contribution is -2.26. The molecule has 0 aliphatic heterocycles. The molecule has 0 spiro atoms. The Kier molecular flexibility index (Phi) is 4.79. The lowest BCUT2D eigenvalue weighted by atomic mass is 10.1. The number of carbonyl (C=O) groups excluding carboxylic acids is 1. The Bertz CT molecular complexity index is 1000. The SMILES string of the molecule is O=C(Cn1cc(C(F)(F)F)ccc1=O)OCc1cccc2ccccc12. The molecule has 26 heavy (non-hydrogen) atoms. The minimum atomic E-state index is -4.59. The number of fused-ring (bicyclic) bond motifs is 1. The number of halogens is 3. The molecule has 3 rings (SSSR count). The van der Waals surface area contributed by atoms with Gasteiger partial charge < -0.3 is 9.30 Å².